The van der Waals surface area contributed by atoms with Gasteiger partial charge in [0.15, 0.2) is 0 Å². The van der Waals surface area contributed by atoms with Crippen LogP contribution in [0.15, 0.2) is 6.07 Å². The molecule has 1 aromatic rings. The monoisotopic (exact) mass is 292 g/mol. The summed E-state index contributed by atoms with van der Waals surface area (Å²) < 4.78 is 1.72. The summed E-state index contributed by atoms with van der Waals surface area (Å²) in [6.45, 7) is 6.95. The first-order valence-electron chi connectivity index (χ1n) is 8.21. The van der Waals surface area contributed by atoms with Gasteiger partial charge in [-0.1, -0.05) is 20.3 Å². The third kappa shape index (κ3) is 4.06. The van der Waals surface area contributed by atoms with Crippen molar-refractivity contribution in [3.63, 3.8) is 0 Å². The van der Waals surface area contributed by atoms with Gasteiger partial charge in [-0.05, 0) is 38.3 Å². The molecule has 1 atom stereocenters. The largest absolute Gasteiger partial charge is 0.336 e. The van der Waals surface area contributed by atoms with E-state index in [1.54, 1.807) is 4.68 Å². The van der Waals surface area contributed by atoms with Crippen LogP contribution in [0, 0.1) is 0 Å². The first kappa shape index (κ1) is 16.0. The van der Waals surface area contributed by atoms with Gasteiger partial charge in [0.25, 0.3) is 5.91 Å². The van der Waals surface area contributed by atoms with Gasteiger partial charge < -0.3 is 10.2 Å². The molecular formula is C16H28N4O. The van der Waals surface area contributed by atoms with Crippen LogP contribution in [0.3, 0.4) is 0 Å². The van der Waals surface area contributed by atoms with Crippen LogP contribution in [-0.4, -0.2) is 46.3 Å². The average Bonchev–Trinajstić information content (AvgIpc) is 3.11. The lowest BCUT2D eigenvalue weighted by molar-refractivity contribution is 0.0728. The summed E-state index contributed by atoms with van der Waals surface area (Å²) in [5, 5.41) is 7.88. The number of carbonyl (C=O) groups is 1. The Hall–Kier alpha value is -1.36. The Kier molecular flexibility index (Phi) is 5.79. The summed E-state index contributed by atoms with van der Waals surface area (Å²) in [6, 6.07) is 2.38. The molecule has 0 aromatic carbocycles. The molecule has 118 valence electrons. The van der Waals surface area contributed by atoms with Crippen molar-refractivity contribution in [1.29, 1.82) is 0 Å². The minimum Gasteiger partial charge on any atom is -0.336 e. The van der Waals surface area contributed by atoms with E-state index in [2.05, 4.69) is 24.3 Å². The van der Waals surface area contributed by atoms with Crippen molar-refractivity contribution in [1.82, 2.24) is 20.0 Å². The Morgan fingerprint density at radius 3 is 2.90 bits per heavy atom. The Morgan fingerprint density at radius 1 is 1.52 bits per heavy atom. The van der Waals surface area contributed by atoms with E-state index in [1.807, 2.05) is 18.0 Å². The predicted octanol–water partition coefficient (Wildman–Crippen LogP) is 1.98. The molecule has 5 nitrogen and oxygen atoms in total. The molecule has 1 aliphatic heterocycles. The third-order valence-corrected chi connectivity index (χ3v) is 4.18. The Bertz CT molecular complexity index is 463. The maximum absolute atomic E-state index is 12.8. The Labute approximate surface area is 127 Å². The maximum atomic E-state index is 12.8. The van der Waals surface area contributed by atoms with E-state index in [0.717, 1.165) is 44.6 Å². The minimum atomic E-state index is 0.117. The highest BCUT2D eigenvalue weighted by molar-refractivity contribution is 5.92. The van der Waals surface area contributed by atoms with Gasteiger partial charge in [-0.2, -0.15) is 5.10 Å². The fraction of sp³-hybridized carbons (Fsp3) is 0.750. The molecule has 1 N–H and O–H groups in total. The highest BCUT2D eigenvalue weighted by atomic mass is 16.2. The summed E-state index contributed by atoms with van der Waals surface area (Å²) in [6.07, 6.45) is 5.40. The van der Waals surface area contributed by atoms with Gasteiger partial charge in [-0.15, -0.1) is 0 Å². The molecule has 21 heavy (non-hydrogen) atoms. The number of amides is 1. The van der Waals surface area contributed by atoms with E-state index in [9.17, 15) is 4.79 Å². The highest BCUT2D eigenvalue weighted by Crippen LogP contribution is 2.13. The third-order valence-electron chi connectivity index (χ3n) is 4.18. The zero-order valence-electron chi connectivity index (χ0n) is 13.6. The minimum absolute atomic E-state index is 0.117. The summed E-state index contributed by atoms with van der Waals surface area (Å²) >= 11 is 0. The second-order valence-corrected chi connectivity index (χ2v) is 5.90. The normalized spacial score (nSPS) is 18.1. The highest BCUT2D eigenvalue weighted by Gasteiger charge is 2.24. The van der Waals surface area contributed by atoms with Crippen LogP contribution < -0.4 is 5.32 Å². The van der Waals surface area contributed by atoms with Crippen LogP contribution in [0.1, 0.15) is 55.7 Å². The number of aromatic nitrogens is 2. The number of rotatable bonds is 7. The molecule has 2 heterocycles. The number of hydrogen-bond donors (Lipinski definition) is 1. The average molecular weight is 292 g/mol. The maximum Gasteiger partial charge on any atom is 0.272 e. The molecule has 0 bridgehead atoms. The predicted molar refractivity (Wildman–Crippen MR) is 84.4 cm³/mol. The number of unbranched alkanes of at least 4 members (excludes halogenated alkanes) is 1. The quantitative estimate of drug-likeness (QED) is 0.836. The number of carbonyl (C=O) groups excluding carboxylic acids is 1. The van der Waals surface area contributed by atoms with E-state index >= 15 is 0 Å². The lowest BCUT2D eigenvalue weighted by Crippen LogP contribution is -2.42. The number of aryl methyl sites for hydroxylation is 2. The fourth-order valence-corrected chi connectivity index (χ4v) is 2.86. The fourth-order valence-electron chi connectivity index (χ4n) is 2.86. The van der Waals surface area contributed by atoms with Gasteiger partial charge in [0, 0.05) is 26.2 Å². The standard InChI is InChI=1S/C16H28N4O/c1-4-6-10-20(12-14-8-7-9-17-14)16(21)15-11-13(5-2)18-19(15)3/h11,14,17H,4-10,12H2,1-3H3. The second-order valence-electron chi connectivity index (χ2n) is 5.90. The van der Waals surface area contributed by atoms with Crippen LogP contribution in [0.4, 0.5) is 0 Å². The SMILES string of the molecule is CCCCN(CC1CCCN1)C(=O)c1cc(CC)nn1C. The van der Waals surface area contributed by atoms with Crippen molar-refractivity contribution in [2.45, 2.75) is 52.0 Å². The van der Waals surface area contributed by atoms with Crippen molar-refractivity contribution < 1.29 is 4.79 Å². The molecule has 1 saturated heterocycles. The van der Waals surface area contributed by atoms with Crippen LogP contribution in [0.2, 0.25) is 0 Å². The van der Waals surface area contributed by atoms with Gasteiger partial charge >= 0.3 is 0 Å². The van der Waals surface area contributed by atoms with E-state index < -0.39 is 0 Å². The molecule has 1 unspecified atom stereocenters. The molecule has 2 rings (SSSR count). The first-order chi connectivity index (χ1) is 10.2. The molecule has 1 fully saturated rings. The van der Waals surface area contributed by atoms with Crippen LogP contribution >= 0.6 is 0 Å². The smallest absolute Gasteiger partial charge is 0.272 e. The van der Waals surface area contributed by atoms with Crippen LogP contribution in [0.25, 0.3) is 0 Å². The lowest BCUT2D eigenvalue weighted by Gasteiger charge is -2.25. The zero-order valence-corrected chi connectivity index (χ0v) is 13.6. The zero-order chi connectivity index (χ0) is 15.2. The van der Waals surface area contributed by atoms with Gasteiger partial charge in [0.05, 0.1) is 5.69 Å². The number of nitrogens with zero attached hydrogens (tertiary/aromatic N) is 3. The van der Waals surface area contributed by atoms with E-state index in [-0.39, 0.29) is 5.91 Å². The van der Waals surface area contributed by atoms with Crippen molar-refractivity contribution >= 4 is 5.91 Å². The first-order valence-corrected chi connectivity index (χ1v) is 8.21. The molecule has 0 radical (unpaired) electrons. The van der Waals surface area contributed by atoms with Gasteiger partial charge in [0.2, 0.25) is 0 Å². The molecule has 1 aliphatic rings. The van der Waals surface area contributed by atoms with Gasteiger partial charge in [-0.3, -0.25) is 9.48 Å². The molecule has 1 amide bonds. The van der Waals surface area contributed by atoms with Crippen molar-refractivity contribution in [3.8, 4) is 0 Å². The van der Waals surface area contributed by atoms with Crippen molar-refractivity contribution in [3.05, 3.63) is 17.5 Å². The van der Waals surface area contributed by atoms with Crippen molar-refractivity contribution in [2.75, 3.05) is 19.6 Å². The Balaban J connectivity index is 2.09. The molecule has 5 heteroatoms. The Morgan fingerprint density at radius 2 is 2.33 bits per heavy atom. The van der Waals surface area contributed by atoms with E-state index in [0.29, 0.717) is 11.7 Å². The van der Waals surface area contributed by atoms with Gasteiger partial charge in [-0.25, -0.2) is 0 Å². The summed E-state index contributed by atoms with van der Waals surface area (Å²) in [4.78, 5) is 14.8. The van der Waals surface area contributed by atoms with Crippen molar-refractivity contribution in [2.24, 2.45) is 7.05 Å². The van der Waals surface area contributed by atoms with E-state index in [4.69, 9.17) is 0 Å². The number of hydrogen-bond acceptors (Lipinski definition) is 3. The molecule has 0 saturated carbocycles. The molecule has 1 aromatic heterocycles. The van der Waals surface area contributed by atoms with Crippen LogP contribution in [0.5, 0.6) is 0 Å². The molecule has 0 aliphatic carbocycles. The topological polar surface area (TPSA) is 50.2 Å². The molecular weight excluding hydrogens is 264 g/mol. The summed E-state index contributed by atoms with van der Waals surface area (Å²) in [5.74, 6) is 0.117. The van der Waals surface area contributed by atoms with E-state index in [1.165, 1.54) is 12.8 Å². The number of nitrogens with one attached hydrogen (secondary N) is 1. The summed E-state index contributed by atoms with van der Waals surface area (Å²) in [7, 11) is 1.86. The molecule has 0 spiro atoms. The summed E-state index contributed by atoms with van der Waals surface area (Å²) in [5.41, 5.74) is 1.69. The lowest BCUT2D eigenvalue weighted by atomic mass is 10.2. The van der Waals surface area contributed by atoms with Gasteiger partial charge in [0.1, 0.15) is 5.69 Å². The second kappa shape index (κ2) is 7.59. The van der Waals surface area contributed by atoms with Crippen LogP contribution in [-0.2, 0) is 13.5 Å².